The molecule has 1 aromatic rings. The highest BCUT2D eigenvalue weighted by Crippen LogP contribution is 2.49. The van der Waals surface area contributed by atoms with E-state index in [1.165, 1.54) is 6.07 Å². The van der Waals surface area contributed by atoms with E-state index in [2.05, 4.69) is 10.2 Å². The van der Waals surface area contributed by atoms with Crippen molar-refractivity contribution < 1.29 is 13.6 Å². The Morgan fingerprint density at radius 3 is 2.60 bits per heavy atom. The molecule has 2 aliphatic heterocycles. The summed E-state index contributed by atoms with van der Waals surface area (Å²) in [6.45, 7) is 5.76. The Kier molecular flexibility index (Phi) is 5.61. The summed E-state index contributed by atoms with van der Waals surface area (Å²) in [7, 11) is 0. The minimum absolute atomic E-state index is 0. The van der Waals surface area contributed by atoms with Crippen LogP contribution in [0.5, 0.6) is 0 Å². The Hall–Kier alpha value is -1.24. The van der Waals surface area contributed by atoms with Crippen LogP contribution in [0, 0.1) is 17.6 Å². The van der Waals surface area contributed by atoms with E-state index in [4.69, 9.17) is 0 Å². The van der Waals surface area contributed by atoms with Crippen LogP contribution in [0.15, 0.2) is 18.2 Å². The summed E-state index contributed by atoms with van der Waals surface area (Å²) in [4.78, 5) is 17.1. The van der Waals surface area contributed by atoms with Crippen LogP contribution in [-0.4, -0.2) is 61.0 Å². The summed E-state index contributed by atoms with van der Waals surface area (Å²) in [6, 6.07) is 4.46. The predicted octanol–water partition coefficient (Wildman–Crippen LogP) is 2.00. The average Bonchev–Trinajstić information content (AvgIpc) is 3.25. The summed E-state index contributed by atoms with van der Waals surface area (Å²) >= 11 is 0. The van der Waals surface area contributed by atoms with E-state index in [0.717, 1.165) is 63.7 Å². The number of likely N-dealkylation sites (tertiary alicyclic amines) is 1. The van der Waals surface area contributed by atoms with Gasteiger partial charge in [0, 0.05) is 51.2 Å². The summed E-state index contributed by atoms with van der Waals surface area (Å²) < 4.78 is 26.4. The number of piperazine rings is 1. The smallest absolute Gasteiger partial charge is 0.226 e. The molecule has 25 heavy (non-hydrogen) atoms. The van der Waals surface area contributed by atoms with Gasteiger partial charge in [-0.15, -0.1) is 12.4 Å². The molecule has 0 radical (unpaired) electrons. The van der Waals surface area contributed by atoms with Crippen molar-refractivity contribution in [2.24, 2.45) is 5.92 Å². The van der Waals surface area contributed by atoms with Gasteiger partial charge in [0.2, 0.25) is 5.91 Å². The zero-order valence-electron chi connectivity index (χ0n) is 14.1. The van der Waals surface area contributed by atoms with Crippen molar-refractivity contribution in [3.63, 3.8) is 0 Å². The van der Waals surface area contributed by atoms with Gasteiger partial charge in [0.05, 0.1) is 0 Å². The highest BCUT2D eigenvalue weighted by molar-refractivity contribution is 5.85. The first-order chi connectivity index (χ1) is 11.6. The molecule has 138 valence electrons. The Labute approximate surface area is 153 Å². The molecule has 2 heterocycles. The van der Waals surface area contributed by atoms with Gasteiger partial charge in [0.1, 0.15) is 0 Å². The Balaban J connectivity index is 0.00000182. The van der Waals surface area contributed by atoms with Crippen LogP contribution in [-0.2, 0) is 4.79 Å². The molecule has 7 heteroatoms. The summed E-state index contributed by atoms with van der Waals surface area (Å²) in [6.07, 6.45) is 1.78. The summed E-state index contributed by atoms with van der Waals surface area (Å²) in [5, 5.41) is 3.35. The third kappa shape index (κ3) is 3.81. The molecule has 2 saturated heterocycles. The summed E-state index contributed by atoms with van der Waals surface area (Å²) in [5.41, 5.74) is 0.741. The van der Waals surface area contributed by atoms with Crippen molar-refractivity contribution in [3.8, 4) is 0 Å². The molecule has 0 spiro atoms. The van der Waals surface area contributed by atoms with Gasteiger partial charge < -0.3 is 10.2 Å². The zero-order chi connectivity index (χ0) is 16.7. The van der Waals surface area contributed by atoms with Crippen molar-refractivity contribution >= 4 is 18.3 Å². The maximum Gasteiger partial charge on any atom is 0.226 e. The van der Waals surface area contributed by atoms with Crippen LogP contribution in [0.1, 0.15) is 24.3 Å². The van der Waals surface area contributed by atoms with Crippen LogP contribution >= 0.6 is 12.4 Å². The number of nitrogens with zero attached hydrogens (tertiary/aromatic N) is 2. The topological polar surface area (TPSA) is 35.6 Å². The van der Waals surface area contributed by atoms with Crippen LogP contribution in [0.2, 0.25) is 0 Å². The molecule has 3 atom stereocenters. The summed E-state index contributed by atoms with van der Waals surface area (Å²) in [5.74, 6) is -1.49. The van der Waals surface area contributed by atoms with E-state index in [1.54, 1.807) is 6.07 Å². The number of hydrogen-bond donors (Lipinski definition) is 1. The van der Waals surface area contributed by atoms with Crippen molar-refractivity contribution in [2.75, 3.05) is 39.3 Å². The molecule has 3 aliphatic rings. The number of rotatable bonds is 3. The van der Waals surface area contributed by atoms with E-state index < -0.39 is 11.6 Å². The van der Waals surface area contributed by atoms with Crippen LogP contribution in [0.4, 0.5) is 8.78 Å². The highest BCUT2D eigenvalue weighted by Gasteiger charge is 2.47. The van der Waals surface area contributed by atoms with Crippen molar-refractivity contribution in [1.82, 2.24) is 15.1 Å². The number of amides is 1. The maximum atomic E-state index is 13.4. The standard InChI is InChI=1S/C18H23F2N3O.ClH/c19-16-2-1-12(9-17(16)20)14-10-15(14)18(24)23-6-3-13(11-23)22-7-4-21-5-8-22;/h1-2,9,13-15,21H,3-8,10-11H2;1H. The average molecular weight is 372 g/mol. The van der Waals surface area contributed by atoms with E-state index in [1.807, 2.05) is 4.90 Å². The molecule has 1 amide bonds. The third-order valence-electron chi connectivity index (χ3n) is 5.62. The van der Waals surface area contributed by atoms with Gasteiger partial charge in [0.15, 0.2) is 11.6 Å². The quantitative estimate of drug-likeness (QED) is 0.882. The Morgan fingerprint density at radius 2 is 1.88 bits per heavy atom. The molecular formula is C18H24ClF2N3O. The molecule has 1 aromatic carbocycles. The Morgan fingerprint density at radius 1 is 1.12 bits per heavy atom. The molecule has 0 bridgehead atoms. The number of benzene rings is 1. The van der Waals surface area contributed by atoms with E-state index in [-0.39, 0.29) is 30.2 Å². The first-order valence-electron chi connectivity index (χ1n) is 8.82. The highest BCUT2D eigenvalue weighted by atomic mass is 35.5. The lowest BCUT2D eigenvalue weighted by Gasteiger charge is -2.32. The molecule has 3 unspecified atom stereocenters. The molecule has 1 aliphatic carbocycles. The third-order valence-corrected chi connectivity index (χ3v) is 5.62. The predicted molar refractivity (Wildman–Crippen MR) is 93.9 cm³/mol. The number of carbonyl (C=O) groups excluding carboxylic acids is 1. The molecule has 3 fully saturated rings. The zero-order valence-corrected chi connectivity index (χ0v) is 14.9. The minimum atomic E-state index is -0.833. The van der Waals surface area contributed by atoms with Gasteiger partial charge in [-0.3, -0.25) is 9.69 Å². The monoisotopic (exact) mass is 371 g/mol. The molecule has 4 rings (SSSR count). The van der Waals surface area contributed by atoms with Gasteiger partial charge in [-0.05, 0) is 36.5 Å². The SMILES string of the molecule is Cl.O=C(C1CC1c1ccc(F)c(F)c1)N1CCC(N2CCNCC2)C1. The lowest BCUT2D eigenvalue weighted by atomic mass is 10.1. The number of carbonyl (C=O) groups is 1. The number of nitrogens with one attached hydrogen (secondary N) is 1. The van der Waals surface area contributed by atoms with Gasteiger partial charge in [-0.25, -0.2) is 8.78 Å². The lowest BCUT2D eigenvalue weighted by Crippen LogP contribution is -2.49. The molecule has 1 saturated carbocycles. The fraction of sp³-hybridized carbons (Fsp3) is 0.611. The number of hydrogen-bond acceptors (Lipinski definition) is 3. The molecule has 1 N–H and O–H groups in total. The van der Waals surface area contributed by atoms with Crippen LogP contribution in [0.25, 0.3) is 0 Å². The first kappa shape index (κ1) is 18.5. The van der Waals surface area contributed by atoms with Crippen molar-refractivity contribution in [3.05, 3.63) is 35.4 Å². The molecule has 4 nitrogen and oxygen atoms in total. The molecule has 0 aromatic heterocycles. The second kappa shape index (κ2) is 7.56. The first-order valence-corrected chi connectivity index (χ1v) is 8.82. The molecular weight excluding hydrogens is 348 g/mol. The van der Waals surface area contributed by atoms with E-state index in [0.29, 0.717) is 6.04 Å². The van der Waals surface area contributed by atoms with Crippen LogP contribution in [0.3, 0.4) is 0 Å². The Bertz CT molecular complexity index is 639. The fourth-order valence-electron chi connectivity index (χ4n) is 4.10. The maximum absolute atomic E-state index is 13.4. The van der Waals surface area contributed by atoms with Crippen molar-refractivity contribution in [2.45, 2.75) is 24.8 Å². The van der Waals surface area contributed by atoms with E-state index >= 15 is 0 Å². The fourth-order valence-corrected chi connectivity index (χ4v) is 4.10. The van der Waals surface area contributed by atoms with Gasteiger partial charge in [0.25, 0.3) is 0 Å². The second-order valence-electron chi connectivity index (χ2n) is 7.13. The minimum Gasteiger partial charge on any atom is -0.341 e. The van der Waals surface area contributed by atoms with Gasteiger partial charge >= 0.3 is 0 Å². The van der Waals surface area contributed by atoms with Crippen molar-refractivity contribution in [1.29, 1.82) is 0 Å². The second-order valence-corrected chi connectivity index (χ2v) is 7.13. The van der Waals surface area contributed by atoms with Crippen LogP contribution < -0.4 is 5.32 Å². The van der Waals surface area contributed by atoms with E-state index in [9.17, 15) is 13.6 Å². The largest absolute Gasteiger partial charge is 0.341 e. The lowest BCUT2D eigenvalue weighted by molar-refractivity contribution is -0.131. The van der Waals surface area contributed by atoms with Gasteiger partial charge in [-0.1, -0.05) is 6.07 Å². The number of halogens is 3. The normalized spacial score (nSPS) is 29.4. The van der Waals surface area contributed by atoms with Gasteiger partial charge in [-0.2, -0.15) is 0 Å².